The van der Waals surface area contributed by atoms with Crippen LogP contribution in [-0.2, 0) is 11.8 Å². The summed E-state index contributed by atoms with van der Waals surface area (Å²) in [6.07, 6.45) is 1.44. The molecule has 1 atom stereocenters. The van der Waals surface area contributed by atoms with Crippen molar-refractivity contribution in [3.05, 3.63) is 29.8 Å². The molecule has 1 amide bonds. The Morgan fingerprint density at radius 3 is 3.18 bits per heavy atom. The highest BCUT2D eigenvalue weighted by atomic mass is 32.2. The Labute approximate surface area is 137 Å². The topological polar surface area (TPSA) is 72.7 Å². The van der Waals surface area contributed by atoms with Crippen molar-refractivity contribution in [3.8, 4) is 0 Å². The Morgan fingerprint density at radius 2 is 2.36 bits per heavy atom. The molecule has 2 aromatic rings. The van der Waals surface area contributed by atoms with E-state index in [0.717, 1.165) is 17.3 Å². The number of aryl methyl sites for hydroxylation is 1. The third-order valence-corrected chi connectivity index (χ3v) is 5.57. The molecule has 1 aliphatic rings. The zero-order chi connectivity index (χ0) is 15.4. The molecule has 22 heavy (non-hydrogen) atoms. The Morgan fingerprint density at radius 1 is 1.50 bits per heavy atom. The summed E-state index contributed by atoms with van der Waals surface area (Å²) in [7, 11) is 1.79. The third-order valence-electron chi connectivity index (χ3n) is 3.44. The third kappa shape index (κ3) is 3.61. The Bertz CT molecular complexity index is 660. The van der Waals surface area contributed by atoms with E-state index in [4.69, 9.17) is 0 Å². The first-order valence-electron chi connectivity index (χ1n) is 7.10. The van der Waals surface area contributed by atoms with Crippen LogP contribution < -0.4 is 5.32 Å². The molecule has 6 nitrogen and oxygen atoms in total. The molecule has 8 heteroatoms. The van der Waals surface area contributed by atoms with Crippen molar-refractivity contribution in [1.29, 1.82) is 0 Å². The van der Waals surface area contributed by atoms with E-state index >= 15 is 0 Å². The lowest BCUT2D eigenvalue weighted by molar-refractivity contribution is -0.121. The zero-order valence-electron chi connectivity index (χ0n) is 12.2. The predicted molar refractivity (Wildman–Crippen MR) is 86.8 cm³/mol. The van der Waals surface area contributed by atoms with E-state index in [0.29, 0.717) is 12.2 Å². The van der Waals surface area contributed by atoms with E-state index in [-0.39, 0.29) is 11.9 Å². The second kappa shape index (κ2) is 7.15. The molecule has 0 saturated carbocycles. The summed E-state index contributed by atoms with van der Waals surface area (Å²) in [5.74, 6) is 1.79. The lowest BCUT2D eigenvalue weighted by Gasteiger charge is -2.25. The number of fused-ring (bicyclic) bond motifs is 1. The van der Waals surface area contributed by atoms with Crippen LogP contribution in [0.5, 0.6) is 0 Å². The van der Waals surface area contributed by atoms with E-state index in [1.165, 1.54) is 22.2 Å². The first kappa shape index (κ1) is 15.4. The SMILES string of the molecule is Cn1nnnc1SCCC(=O)NC1CCSc2ccccc21. The van der Waals surface area contributed by atoms with Crippen molar-refractivity contribution in [2.45, 2.75) is 28.9 Å². The van der Waals surface area contributed by atoms with Crippen LogP contribution in [0.3, 0.4) is 0 Å². The number of hydrogen-bond acceptors (Lipinski definition) is 6. The van der Waals surface area contributed by atoms with Gasteiger partial charge >= 0.3 is 0 Å². The normalized spacial score (nSPS) is 17.0. The maximum Gasteiger partial charge on any atom is 0.221 e. The zero-order valence-corrected chi connectivity index (χ0v) is 13.9. The van der Waals surface area contributed by atoms with Crippen molar-refractivity contribution >= 4 is 29.4 Å². The minimum Gasteiger partial charge on any atom is -0.349 e. The molecule has 3 rings (SSSR count). The van der Waals surface area contributed by atoms with E-state index < -0.39 is 0 Å². The summed E-state index contributed by atoms with van der Waals surface area (Å²) in [4.78, 5) is 13.4. The highest BCUT2D eigenvalue weighted by molar-refractivity contribution is 7.99. The Hall–Kier alpha value is -1.54. The van der Waals surface area contributed by atoms with Gasteiger partial charge in [-0.3, -0.25) is 4.79 Å². The van der Waals surface area contributed by atoms with Gasteiger partial charge in [-0.15, -0.1) is 16.9 Å². The van der Waals surface area contributed by atoms with Gasteiger partial charge in [-0.2, -0.15) is 0 Å². The van der Waals surface area contributed by atoms with E-state index in [2.05, 4.69) is 33.0 Å². The van der Waals surface area contributed by atoms with Gasteiger partial charge in [-0.25, -0.2) is 4.68 Å². The number of rotatable bonds is 5. The molecule has 1 aliphatic heterocycles. The summed E-state index contributed by atoms with van der Waals surface area (Å²) in [6.45, 7) is 0. The molecule has 2 heterocycles. The number of benzene rings is 1. The van der Waals surface area contributed by atoms with Gasteiger partial charge in [0.25, 0.3) is 0 Å². The number of tetrazole rings is 1. The van der Waals surface area contributed by atoms with Gasteiger partial charge in [-0.05, 0) is 28.5 Å². The minimum absolute atomic E-state index is 0.0781. The molecule has 116 valence electrons. The molecule has 0 bridgehead atoms. The molecule has 0 spiro atoms. The summed E-state index contributed by atoms with van der Waals surface area (Å²) in [6, 6.07) is 8.43. The maximum absolute atomic E-state index is 12.1. The fraction of sp³-hybridized carbons (Fsp3) is 0.429. The van der Waals surface area contributed by atoms with E-state index in [9.17, 15) is 4.79 Å². The molecule has 1 N–H and O–H groups in total. The standard InChI is InChI=1S/C14H17N5OS2/c1-19-14(16-17-18-19)22-9-7-13(20)15-11-6-8-21-12-5-3-2-4-10(11)12/h2-5,11H,6-9H2,1H3,(H,15,20). The summed E-state index contributed by atoms with van der Waals surface area (Å²) >= 11 is 3.35. The number of carbonyl (C=O) groups excluding carboxylic acids is 1. The summed E-state index contributed by atoms with van der Waals surface area (Å²) in [5, 5.41) is 15.1. The number of aromatic nitrogens is 4. The number of hydrogen-bond donors (Lipinski definition) is 1. The second-order valence-electron chi connectivity index (χ2n) is 4.98. The molecule has 0 aliphatic carbocycles. The molecular weight excluding hydrogens is 318 g/mol. The minimum atomic E-state index is 0.0781. The summed E-state index contributed by atoms with van der Waals surface area (Å²) < 4.78 is 1.61. The Kier molecular flexibility index (Phi) is 4.99. The molecule has 1 aromatic carbocycles. The first-order valence-corrected chi connectivity index (χ1v) is 9.07. The van der Waals surface area contributed by atoms with Gasteiger partial charge < -0.3 is 5.32 Å². The summed E-state index contributed by atoms with van der Waals surface area (Å²) in [5.41, 5.74) is 1.23. The number of carbonyl (C=O) groups is 1. The second-order valence-corrected chi connectivity index (χ2v) is 7.18. The number of nitrogens with one attached hydrogen (secondary N) is 1. The van der Waals surface area contributed by atoms with Gasteiger partial charge in [0.15, 0.2) is 0 Å². The van der Waals surface area contributed by atoms with E-state index in [1.807, 2.05) is 23.9 Å². The van der Waals surface area contributed by atoms with Crippen LogP contribution in [0, 0.1) is 0 Å². The lowest BCUT2D eigenvalue weighted by atomic mass is 10.0. The number of thioether (sulfide) groups is 2. The van der Waals surface area contributed by atoms with Crippen molar-refractivity contribution in [2.75, 3.05) is 11.5 Å². The number of amides is 1. The smallest absolute Gasteiger partial charge is 0.221 e. The quantitative estimate of drug-likeness (QED) is 0.843. The molecule has 0 radical (unpaired) electrons. The van der Waals surface area contributed by atoms with Crippen LogP contribution in [0.1, 0.15) is 24.4 Å². The maximum atomic E-state index is 12.1. The molecule has 0 saturated heterocycles. The van der Waals surface area contributed by atoms with Crippen molar-refractivity contribution in [3.63, 3.8) is 0 Å². The molecule has 0 fully saturated rings. The van der Waals surface area contributed by atoms with Crippen LogP contribution in [0.15, 0.2) is 34.3 Å². The highest BCUT2D eigenvalue weighted by Gasteiger charge is 2.21. The van der Waals surface area contributed by atoms with Crippen LogP contribution in [0.2, 0.25) is 0 Å². The van der Waals surface area contributed by atoms with Gasteiger partial charge in [0.2, 0.25) is 11.1 Å². The van der Waals surface area contributed by atoms with Gasteiger partial charge in [0, 0.05) is 29.9 Å². The van der Waals surface area contributed by atoms with Crippen LogP contribution in [0.4, 0.5) is 0 Å². The molecular formula is C14H17N5OS2. The lowest BCUT2D eigenvalue weighted by Crippen LogP contribution is -2.30. The van der Waals surface area contributed by atoms with Gasteiger partial charge in [0.1, 0.15) is 0 Å². The fourth-order valence-corrected chi connectivity index (χ4v) is 4.25. The molecule has 1 unspecified atom stereocenters. The average molecular weight is 335 g/mol. The monoisotopic (exact) mass is 335 g/mol. The van der Waals surface area contributed by atoms with Gasteiger partial charge in [0.05, 0.1) is 6.04 Å². The van der Waals surface area contributed by atoms with Crippen LogP contribution in [0.25, 0.3) is 0 Å². The largest absolute Gasteiger partial charge is 0.349 e. The predicted octanol–water partition coefficient (Wildman–Crippen LogP) is 2.05. The first-order chi connectivity index (χ1) is 10.7. The van der Waals surface area contributed by atoms with Crippen molar-refractivity contribution < 1.29 is 4.79 Å². The average Bonchev–Trinajstić information content (AvgIpc) is 2.93. The van der Waals surface area contributed by atoms with Gasteiger partial charge in [-0.1, -0.05) is 30.0 Å². The fourth-order valence-electron chi connectivity index (χ4n) is 2.34. The van der Waals surface area contributed by atoms with Crippen LogP contribution in [-0.4, -0.2) is 37.6 Å². The van der Waals surface area contributed by atoms with Crippen molar-refractivity contribution in [1.82, 2.24) is 25.5 Å². The number of nitrogens with zero attached hydrogens (tertiary/aromatic N) is 4. The Balaban J connectivity index is 1.51. The highest BCUT2D eigenvalue weighted by Crippen LogP contribution is 2.35. The van der Waals surface area contributed by atoms with Crippen LogP contribution >= 0.6 is 23.5 Å². The molecule has 1 aromatic heterocycles. The van der Waals surface area contributed by atoms with Crippen molar-refractivity contribution in [2.24, 2.45) is 7.05 Å². The van der Waals surface area contributed by atoms with E-state index in [1.54, 1.807) is 11.7 Å².